The van der Waals surface area contributed by atoms with E-state index in [2.05, 4.69) is 20.8 Å². The molecule has 2 N–H and O–H groups in total. The molecule has 0 saturated heterocycles. The van der Waals surface area contributed by atoms with Crippen LogP contribution in [0.1, 0.15) is 27.2 Å². The normalized spacial score (nSPS) is 11.8. The SMILES string of the molecule is CC(C)(C)CCSc1c(F)cc(N)cc1F. The second-order valence-corrected chi connectivity index (χ2v) is 6.08. The van der Waals surface area contributed by atoms with Crippen molar-refractivity contribution in [3.8, 4) is 0 Å². The molecule has 1 aromatic carbocycles. The first-order valence-electron chi connectivity index (χ1n) is 5.17. The Kier molecular flexibility index (Phi) is 4.19. The van der Waals surface area contributed by atoms with Gasteiger partial charge in [0.1, 0.15) is 11.6 Å². The van der Waals surface area contributed by atoms with E-state index in [0.717, 1.165) is 18.6 Å². The summed E-state index contributed by atoms with van der Waals surface area (Å²) in [6, 6.07) is 2.31. The molecule has 0 unspecified atom stereocenters. The molecule has 1 aromatic rings. The molecule has 0 saturated carbocycles. The minimum Gasteiger partial charge on any atom is -0.399 e. The molecule has 0 bridgehead atoms. The van der Waals surface area contributed by atoms with Gasteiger partial charge >= 0.3 is 0 Å². The van der Waals surface area contributed by atoms with Crippen LogP contribution in [-0.2, 0) is 0 Å². The van der Waals surface area contributed by atoms with E-state index in [-0.39, 0.29) is 16.0 Å². The molecule has 0 amide bonds. The molecule has 90 valence electrons. The van der Waals surface area contributed by atoms with E-state index in [4.69, 9.17) is 5.73 Å². The van der Waals surface area contributed by atoms with Gasteiger partial charge in [0.2, 0.25) is 0 Å². The number of rotatable bonds is 3. The molecular weight excluding hydrogens is 228 g/mol. The maximum atomic E-state index is 13.4. The zero-order valence-corrected chi connectivity index (χ0v) is 10.6. The van der Waals surface area contributed by atoms with Gasteiger partial charge < -0.3 is 5.73 Å². The average molecular weight is 245 g/mol. The molecule has 0 radical (unpaired) electrons. The summed E-state index contributed by atoms with van der Waals surface area (Å²) in [5, 5.41) is 0. The lowest BCUT2D eigenvalue weighted by atomic mass is 9.94. The van der Waals surface area contributed by atoms with Gasteiger partial charge in [0, 0.05) is 5.69 Å². The highest BCUT2D eigenvalue weighted by atomic mass is 32.2. The van der Waals surface area contributed by atoms with Crippen molar-refractivity contribution in [3.05, 3.63) is 23.8 Å². The third kappa shape index (κ3) is 4.00. The standard InChI is InChI=1S/C12H17F2NS/c1-12(2,3)4-5-16-11-9(13)6-8(15)7-10(11)14/h6-7H,4-5,15H2,1-3H3. The molecule has 16 heavy (non-hydrogen) atoms. The summed E-state index contributed by atoms with van der Waals surface area (Å²) in [7, 11) is 0. The molecule has 0 aliphatic carbocycles. The summed E-state index contributed by atoms with van der Waals surface area (Å²) in [6.07, 6.45) is 0.904. The van der Waals surface area contributed by atoms with E-state index in [0.29, 0.717) is 5.75 Å². The number of anilines is 1. The second-order valence-electron chi connectivity index (χ2n) is 4.97. The molecule has 0 fully saturated rings. The fourth-order valence-electron chi connectivity index (χ4n) is 1.18. The lowest BCUT2D eigenvalue weighted by Crippen LogP contribution is -2.06. The van der Waals surface area contributed by atoms with Gasteiger partial charge in [-0.15, -0.1) is 11.8 Å². The predicted octanol–water partition coefficient (Wildman–Crippen LogP) is 4.08. The quantitative estimate of drug-likeness (QED) is 0.641. The summed E-state index contributed by atoms with van der Waals surface area (Å²) in [5.41, 5.74) is 5.63. The topological polar surface area (TPSA) is 26.0 Å². The number of halogens is 2. The highest BCUT2D eigenvalue weighted by Crippen LogP contribution is 2.30. The minimum absolute atomic E-state index is 0.0680. The van der Waals surface area contributed by atoms with E-state index >= 15 is 0 Å². The Bertz CT molecular complexity index is 349. The summed E-state index contributed by atoms with van der Waals surface area (Å²) in [5.74, 6) is -0.450. The van der Waals surface area contributed by atoms with Crippen molar-refractivity contribution < 1.29 is 8.78 Å². The van der Waals surface area contributed by atoms with Gasteiger partial charge in [-0.25, -0.2) is 8.78 Å². The van der Waals surface area contributed by atoms with Crippen molar-refractivity contribution in [1.29, 1.82) is 0 Å². The number of nitrogens with two attached hydrogens (primary N) is 1. The van der Waals surface area contributed by atoms with Crippen LogP contribution in [0.2, 0.25) is 0 Å². The van der Waals surface area contributed by atoms with E-state index in [1.165, 1.54) is 11.8 Å². The van der Waals surface area contributed by atoms with Crippen LogP contribution in [0.3, 0.4) is 0 Å². The Morgan fingerprint density at radius 2 is 1.69 bits per heavy atom. The maximum absolute atomic E-state index is 13.4. The van der Waals surface area contributed by atoms with Crippen LogP contribution < -0.4 is 5.73 Å². The average Bonchev–Trinajstić information content (AvgIpc) is 2.07. The Morgan fingerprint density at radius 3 is 2.12 bits per heavy atom. The van der Waals surface area contributed by atoms with Gasteiger partial charge in [0.25, 0.3) is 0 Å². The molecule has 0 atom stereocenters. The lowest BCUT2D eigenvalue weighted by molar-refractivity contribution is 0.401. The molecule has 0 spiro atoms. The van der Waals surface area contributed by atoms with Crippen LogP contribution in [0.5, 0.6) is 0 Å². The molecule has 0 aliphatic rings. The lowest BCUT2D eigenvalue weighted by Gasteiger charge is -2.17. The van der Waals surface area contributed by atoms with Gasteiger partial charge in [-0.05, 0) is 29.7 Å². The maximum Gasteiger partial charge on any atom is 0.141 e. The van der Waals surface area contributed by atoms with Crippen LogP contribution in [0.4, 0.5) is 14.5 Å². The molecule has 0 aromatic heterocycles. The smallest absolute Gasteiger partial charge is 0.141 e. The van der Waals surface area contributed by atoms with E-state index in [9.17, 15) is 8.78 Å². The van der Waals surface area contributed by atoms with Crippen LogP contribution in [0, 0.1) is 17.0 Å². The summed E-state index contributed by atoms with van der Waals surface area (Å²) < 4.78 is 26.8. The Hall–Kier alpha value is -0.770. The van der Waals surface area contributed by atoms with Gasteiger partial charge in [0.15, 0.2) is 0 Å². The first-order valence-corrected chi connectivity index (χ1v) is 6.15. The molecule has 4 heteroatoms. The van der Waals surface area contributed by atoms with E-state index in [1.807, 2.05) is 0 Å². The molecule has 1 nitrogen and oxygen atoms in total. The van der Waals surface area contributed by atoms with Crippen molar-refractivity contribution in [3.63, 3.8) is 0 Å². The van der Waals surface area contributed by atoms with E-state index in [1.54, 1.807) is 0 Å². The van der Waals surface area contributed by atoms with Crippen LogP contribution >= 0.6 is 11.8 Å². The number of hydrogen-bond acceptors (Lipinski definition) is 2. The predicted molar refractivity (Wildman–Crippen MR) is 65.6 cm³/mol. The first kappa shape index (κ1) is 13.3. The molecule has 0 aliphatic heterocycles. The summed E-state index contributed by atoms with van der Waals surface area (Å²) >= 11 is 1.20. The zero-order valence-electron chi connectivity index (χ0n) is 9.81. The highest BCUT2D eigenvalue weighted by Gasteiger charge is 2.14. The largest absolute Gasteiger partial charge is 0.399 e. The van der Waals surface area contributed by atoms with Crippen LogP contribution in [0.25, 0.3) is 0 Å². The number of hydrogen-bond donors (Lipinski definition) is 1. The third-order valence-corrected chi connectivity index (χ3v) is 3.21. The van der Waals surface area contributed by atoms with Crippen molar-refractivity contribution in [1.82, 2.24) is 0 Å². The fraction of sp³-hybridized carbons (Fsp3) is 0.500. The summed E-state index contributed by atoms with van der Waals surface area (Å²) in [6.45, 7) is 6.30. The first-order chi connectivity index (χ1) is 7.29. The molecular formula is C12H17F2NS. The zero-order chi connectivity index (χ0) is 12.3. The summed E-state index contributed by atoms with van der Waals surface area (Å²) in [4.78, 5) is 0.0680. The van der Waals surface area contributed by atoms with Gasteiger partial charge in [-0.3, -0.25) is 0 Å². The van der Waals surface area contributed by atoms with E-state index < -0.39 is 11.6 Å². The fourth-order valence-corrected chi connectivity index (χ4v) is 2.49. The Morgan fingerprint density at radius 1 is 1.19 bits per heavy atom. The van der Waals surface area contributed by atoms with Crippen LogP contribution in [-0.4, -0.2) is 5.75 Å². The van der Waals surface area contributed by atoms with Gasteiger partial charge in [-0.2, -0.15) is 0 Å². The van der Waals surface area contributed by atoms with Crippen molar-refractivity contribution >= 4 is 17.4 Å². The monoisotopic (exact) mass is 245 g/mol. The Labute approximate surface area is 99.4 Å². The van der Waals surface area contributed by atoms with Crippen molar-refractivity contribution in [2.75, 3.05) is 11.5 Å². The minimum atomic E-state index is -0.573. The number of nitrogen functional groups attached to an aromatic ring is 1. The Balaban J connectivity index is 2.68. The van der Waals surface area contributed by atoms with Gasteiger partial charge in [-0.1, -0.05) is 20.8 Å². The number of thioether (sulfide) groups is 1. The van der Waals surface area contributed by atoms with Crippen molar-refractivity contribution in [2.45, 2.75) is 32.1 Å². The molecule has 1 rings (SSSR count). The third-order valence-electron chi connectivity index (χ3n) is 2.12. The number of benzene rings is 1. The highest BCUT2D eigenvalue weighted by molar-refractivity contribution is 7.99. The molecule has 0 heterocycles. The van der Waals surface area contributed by atoms with Crippen LogP contribution in [0.15, 0.2) is 17.0 Å². The van der Waals surface area contributed by atoms with Gasteiger partial charge in [0.05, 0.1) is 4.90 Å². The van der Waals surface area contributed by atoms with Crippen molar-refractivity contribution in [2.24, 2.45) is 5.41 Å². The second kappa shape index (κ2) is 5.04.